The fraction of sp³-hybridized carbons (Fsp3) is 0.625. The molecule has 0 N–H and O–H groups in total. The maximum absolute atomic E-state index is 6.07. The van der Waals surface area contributed by atoms with Gasteiger partial charge in [-0.3, -0.25) is 0 Å². The van der Waals surface area contributed by atoms with E-state index in [9.17, 15) is 0 Å². The molecule has 0 bridgehead atoms. The van der Waals surface area contributed by atoms with E-state index in [4.69, 9.17) is 11.6 Å². The highest BCUT2D eigenvalue weighted by Crippen LogP contribution is 2.30. The van der Waals surface area contributed by atoms with Crippen LogP contribution < -0.4 is 0 Å². The van der Waals surface area contributed by atoms with Crippen molar-refractivity contribution in [1.29, 1.82) is 0 Å². The molecular weight excluding hydrogens is 270 g/mol. The molecular formula is C16H22ClN3. The lowest BCUT2D eigenvalue weighted by atomic mass is 9.83. The number of alkyl halides is 1. The van der Waals surface area contributed by atoms with Gasteiger partial charge in [-0.05, 0) is 43.7 Å². The molecule has 3 rings (SSSR count). The lowest BCUT2D eigenvalue weighted by Gasteiger charge is -2.26. The second-order valence-corrected chi connectivity index (χ2v) is 6.46. The Morgan fingerprint density at radius 2 is 1.95 bits per heavy atom. The SMILES string of the molecule is Cc1ccc2nc(CCl)n(CC3CCC(C)CC3)c2n1. The number of imidazole rings is 1. The highest BCUT2D eigenvalue weighted by molar-refractivity contribution is 6.16. The molecule has 1 saturated carbocycles. The highest BCUT2D eigenvalue weighted by atomic mass is 35.5. The monoisotopic (exact) mass is 291 g/mol. The van der Waals surface area contributed by atoms with Gasteiger partial charge in [-0.25, -0.2) is 9.97 Å². The van der Waals surface area contributed by atoms with E-state index in [1.807, 2.05) is 19.1 Å². The molecule has 0 saturated heterocycles. The first-order chi connectivity index (χ1) is 9.67. The summed E-state index contributed by atoms with van der Waals surface area (Å²) in [4.78, 5) is 9.29. The molecule has 20 heavy (non-hydrogen) atoms. The van der Waals surface area contributed by atoms with E-state index in [1.54, 1.807) is 0 Å². The van der Waals surface area contributed by atoms with Gasteiger partial charge in [-0.1, -0.05) is 19.8 Å². The Hall–Kier alpha value is -1.09. The molecule has 0 unspecified atom stereocenters. The number of aromatic nitrogens is 3. The largest absolute Gasteiger partial charge is 0.311 e. The van der Waals surface area contributed by atoms with Crippen LogP contribution in [0.5, 0.6) is 0 Å². The molecule has 0 atom stereocenters. The van der Waals surface area contributed by atoms with E-state index in [0.717, 1.165) is 41.1 Å². The van der Waals surface area contributed by atoms with Crippen molar-refractivity contribution in [2.24, 2.45) is 11.8 Å². The Balaban J connectivity index is 1.91. The van der Waals surface area contributed by atoms with E-state index in [-0.39, 0.29) is 0 Å². The Morgan fingerprint density at radius 1 is 1.20 bits per heavy atom. The molecule has 1 aliphatic carbocycles. The summed E-state index contributed by atoms with van der Waals surface area (Å²) in [6.45, 7) is 5.40. The minimum Gasteiger partial charge on any atom is -0.311 e. The number of nitrogens with zero attached hydrogens (tertiary/aromatic N) is 3. The number of aryl methyl sites for hydroxylation is 1. The third-order valence-electron chi connectivity index (χ3n) is 4.51. The number of hydrogen-bond donors (Lipinski definition) is 0. The molecule has 0 amide bonds. The standard InChI is InChI=1S/C16H22ClN3/c1-11-3-6-13(7-4-11)10-20-15(9-17)19-14-8-5-12(2)18-16(14)20/h5,8,11,13H,3-4,6-7,9-10H2,1-2H3. The van der Waals surface area contributed by atoms with Crippen LogP contribution in [0.1, 0.15) is 44.1 Å². The summed E-state index contributed by atoms with van der Waals surface area (Å²) < 4.78 is 2.25. The molecule has 1 fully saturated rings. The maximum Gasteiger partial charge on any atom is 0.160 e. The molecule has 2 aromatic heterocycles. The van der Waals surface area contributed by atoms with Gasteiger partial charge in [0, 0.05) is 12.2 Å². The minimum atomic E-state index is 0.457. The van der Waals surface area contributed by atoms with E-state index in [0.29, 0.717) is 5.88 Å². The number of pyridine rings is 1. The zero-order valence-electron chi connectivity index (χ0n) is 12.3. The fourth-order valence-corrected chi connectivity index (χ4v) is 3.41. The highest BCUT2D eigenvalue weighted by Gasteiger charge is 2.21. The first-order valence-electron chi connectivity index (χ1n) is 7.56. The van der Waals surface area contributed by atoms with Gasteiger partial charge in [0.2, 0.25) is 0 Å². The van der Waals surface area contributed by atoms with Gasteiger partial charge in [0.25, 0.3) is 0 Å². The van der Waals surface area contributed by atoms with Gasteiger partial charge < -0.3 is 4.57 Å². The number of halogens is 1. The normalized spacial score (nSPS) is 23.4. The molecule has 0 spiro atoms. The quantitative estimate of drug-likeness (QED) is 0.789. The summed E-state index contributed by atoms with van der Waals surface area (Å²) in [6, 6.07) is 4.06. The Morgan fingerprint density at radius 3 is 2.65 bits per heavy atom. The van der Waals surface area contributed by atoms with Gasteiger partial charge in [0.15, 0.2) is 5.65 Å². The fourth-order valence-electron chi connectivity index (χ4n) is 3.21. The second kappa shape index (κ2) is 5.72. The number of fused-ring (bicyclic) bond motifs is 1. The van der Waals surface area contributed by atoms with Gasteiger partial charge in [0.05, 0.1) is 5.88 Å². The zero-order valence-corrected chi connectivity index (χ0v) is 13.0. The van der Waals surface area contributed by atoms with Gasteiger partial charge >= 0.3 is 0 Å². The van der Waals surface area contributed by atoms with Crippen molar-refractivity contribution >= 4 is 22.8 Å². The van der Waals surface area contributed by atoms with E-state index in [1.165, 1.54) is 25.7 Å². The van der Waals surface area contributed by atoms with Crippen molar-refractivity contribution in [1.82, 2.24) is 14.5 Å². The predicted octanol–water partition coefficient (Wildman–Crippen LogP) is 4.30. The molecule has 0 radical (unpaired) electrons. The average molecular weight is 292 g/mol. The molecule has 4 heteroatoms. The molecule has 3 nitrogen and oxygen atoms in total. The van der Waals surface area contributed by atoms with Crippen LogP contribution in [0, 0.1) is 18.8 Å². The van der Waals surface area contributed by atoms with Crippen molar-refractivity contribution in [3.63, 3.8) is 0 Å². The number of hydrogen-bond acceptors (Lipinski definition) is 2. The van der Waals surface area contributed by atoms with Gasteiger partial charge in [-0.2, -0.15) is 0 Å². The second-order valence-electron chi connectivity index (χ2n) is 6.19. The van der Waals surface area contributed by atoms with Crippen LogP contribution in [0.25, 0.3) is 11.2 Å². The van der Waals surface area contributed by atoms with Crippen molar-refractivity contribution in [2.45, 2.75) is 52.0 Å². The first kappa shape index (κ1) is 13.9. The summed E-state index contributed by atoms with van der Waals surface area (Å²) in [5.74, 6) is 3.04. The van der Waals surface area contributed by atoms with Crippen molar-refractivity contribution in [3.8, 4) is 0 Å². The third kappa shape index (κ3) is 2.69. The molecule has 0 aromatic carbocycles. The molecule has 2 heterocycles. The summed E-state index contributed by atoms with van der Waals surface area (Å²) in [7, 11) is 0. The summed E-state index contributed by atoms with van der Waals surface area (Å²) in [5.41, 5.74) is 3.01. The van der Waals surface area contributed by atoms with Crippen LogP contribution in [-0.2, 0) is 12.4 Å². The van der Waals surface area contributed by atoms with E-state index >= 15 is 0 Å². The van der Waals surface area contributed by atoms with Crippen molar-refractivity contribution in [2.75, 3.05) is 0 Å². The maximum atomic E-state index is 6.07. The topological polar surface area (TPSA) is 30.7 Å². The molecule has 108 valence electrons. The van der Waals surface area contributed by atoms with Crippen LogP contribution in [0.2, 0.25) is 0 Å². The molecule has 2 aromatic rings. The van der Waals surface area contributed by atoms with E-state index < -0.39 is 0 Å². The Bertz CT molecular complexity index is 597. The first-order valence-corrected chi connectivity index (χ1v) is 8.09. The van der Waals surface area contributed by atoms with Crippen LogP contribution in [0.15, 0.2) is 12.1 Å². The molecule has 0 aliphatic heterocycles. The predicted molar refractivity (Wildman–Crippen MR) is 82.9 cm³/mol. The van der Waals surface area contributed by atoms with Crippen molar-refractivity contribution in [3.05, 3.63) is 23.7 Å². The van der Waals surface area contributed by atoms with Crippen LogP contribution in [0.3, 0.4) is 0 Å². The Labute approximate surface area is 125 Å². The number of rotatable bonds is 3. The zero-order chi connectivity index (χ0) is 14.1. The molecule has 1 aliphatic rings. The summed E-state index contributed by atoms with van der Waals surface area (Å²) in [5, 5.41) is 0. The van der Waals surface area contributed by atoms with Gasteiger partial charge in [-0.15, -0.1) is 11.6 Å². The summed E-state index contributed by atoms with van der Waals surface area (Å²) in [6.07, 6.45) is 5.32. The Kier molecular flexibility index (Phi) is 3.97. The summed E-state index contributed by atoms with van der Waals surface area (Å²) >= 11 is 6.07. The van der Waals surface area contributed by atoms with Crippen LogP contribution >= 0.6 is 11.6 Å². The lowest BCUT2D eigenvalue weighted by Crippen LogP contribution is -2.19. The third-order valence-corrected chi connectivity index (χ3v) is 4.75. The lowest BCUT2D eigenvalue weighted by molar-refractivity contribution is 0.265. The average Bonchev–Trinajstić information content (AvgIpc) is 2.79. The minimum absolute atomic E-state index is 0.457. The smallest absolute Gasteiger partial charge is 0.160 e. The van der Waals surface area contributed by atoms with Crippen LogP contribution in [-0.4, -0.2) is 14.5 Å². The van der Waals surface area contributed by atoms with Gasteiger partial charge in [0.1, 0.15) is 11.3 Å². The van der Waals surface area contributed by atoms with E-state index in [2.05, 4.69) is 21.5 Å². The van der Waals surface area contributed by atoms with Crippen molar-refractivity contribution < 1.29 is 0 Å². The van der Waals surface area contributed by atoms with Crippen LogP contribution in [0.4, 0.5) is 0 Å².